The predicted octanol–water partition coefficient (Wildman–Crippen LogP) is 9.23. The summed E-state index contributed by atoms with van der Waals surface area (Å²) in [6, 6.07) is 28.8. The molecule has 0 aliphatic rings. The van der Waals surface area contributed by atoms with E-state index in [-0.39, 0.29) is 0 Å². The van der Waals surface area contributed by atoms with Crippen LogP contribution in [0.25, 0.3) is 49.0 Å². The number of halogens is 2. The molecule has 31 heavy (non-hydrogen) atoms. The highest BCUT2D eigenvalue weighted by atomic mass is 79.9. The van der Waals surface area contributed by atoms with Crippen LogP contribution in [-0.2, 0) is 0 Å². The van der Waals surface area contributed by atoms with E-state index in [9.17, 15) is 0 Å². The van der Waals surface area contributed by atoms with E-state index < -0.39 is 0 Å². The Morgan fingerprint density at radius 3 is 1.77 bits per heavy atom. The monoisotopic (exact) mass is 527 g/mol. The topological polar surface area (TPSA) is 4.93 Å². The molecule has 0 spiro atoms. The van der Waals surface area contributed by atoms with Crippen molar-refractivity contribution >= 4 is 75.2 Å². The second kappa shape index (κ2) is 6.94. The molecule has 0 saturated carbocycles. The van der Waals surface area contributed by atoms with Crippen molar-refractivity contribution in [3.05, 3.63) is 98.9 Å². The van der Waals surface area contributed by atoms with Gasteiger partial charge < -0.3 is 4.57 Å². The number of aromatic nitrogens is 1. The van der Waals surface area contributed by atoms with Crippen LogP contribution in [0.5, 0.6) is 0 Å². The van der Waals surface area contributed by atoms with E-state index >= 15 is 0 Å². The number of hydrogen-bond donors (Lipinski definition) is 0. The standard InChI is InChI=1S/C28H19Br2N/c1-16-7-10-22-23(13-16)17(2)20-5-3-4-6-21(20)28(22)31-26-11-8-18(29)14-24(26)25-15-19(30)9-12-27(25)31/h3-15H,1-2H3. The Kier molecular flexibility index (Phi) is 4.28. The fourth-order valence-corrected chi connectivity index (χ4v) is 5.65. The molecule has 6 aromatic rings. The van der Waals surface area contributed by atoms with Gasteiger partial charge in [0.25, 0.3) is 0 Å². The highest BCUT2D eigenvalue weighted by Crippen LogP contribution is 2.41. The van der Waals surface area contributed by atoms with Crippen LogP contribution in [0, 0.1) is 13.8 Å². The molecular formula is C28H19Br2N. The average Bonchev–Trinajstić information content (AvgIpc) is 3.07. The molecule has 150 valence electrons. The van der Waals surface area contributed by atoms with Gasteiger partial charge in [-0.25, -0.2) is 0 Å². The zero-order valence-corrected chi connectivity index (χ0v) is 20.4. The molecule has 1 aromatic heterocycles. The quantitative estimate of drug-likeness (QED) is 0.187. The number of hydrogen-bond acceptors (Lipinski definition) is 0. The Morgan fingerprint density at radius 1 is 0.548 bits per heavy atom. The van der Waals surface area contributed by atoms with Gasteiger partial charge in [-0.15, -0.1) is 0 Å². The first kappa shape index (κ1) is 19.1. The first-order valence-corrected chi connectivity index (χ1v) is 11.9. The van der Waals surface area contributed by atoms with E-state index in [1.54, 1.807) is 0 Å². The zero-order chi connectivity index (χ0) is 21.3. The van der Waals surface area contributed by atoms with Crippen molar-refractivity contribution in [1.82, 2.24) is 4.57 Å². The molecule has 0 unspecified atom stereocenters. The van der Waals surface area contributed by atoms with Crippen LogP contribution >= 0.6 is 31.9 Å². The molecule has 0 fully saturated rings. The second-order valence-electron chi connectivity index (χ2n) is 8.23. The van der Waals surface area contributed by atoms with Crippen LogP contribution in [0.2, 0.25) is 0 Å². The van der Waals surface area contributed by atoms with Gasteiger partial charge in [-0.1, -0.05) is 79.9 Å². The minimum Gasteiger partial charge on any atom is -0.308 e. The van der Waals surface area contributed by atoms with Gasteiger partial charge in [0.2, 0.25) is 0 Å². The maximum atomic E-state index is 3.68. The van der Waals surface area contributed by atoms with Crippen molar-refractivity contribution < 1.29 is 0 Å². The van der Waals surface area contributed by atoms with Gasteiger partial charge in [0.1, 0.15) is 0 Å². The smallest absolute Gasteiger partial charge is 0.0619 e. The summed E-state index contributed by atoms with van der Waals surface area (Å²) in [4.78, 5) is 0. The Labute approximate surface area is 197 Å². The van der Waals surface area contributed by atoms with Crippen molar-refractivity contribution in [2.45, 2.75) is 13.8 Å². The lowest BCUT2D eigenvalue weighted by Gasteiger charge is -2.18. The van der Waals surface area contributed by atoms with Crippen molar-refractivity contribution in [3.8, 4) is 5.69 Å². The minimum atomic E-state index is 1.09. The van der Waals surface area contributed by atoms with Gasteiger partial charge >= 0.3 is 0 Å². The molecule has 0 saturated heterocycles. The number of aryl methyl sites for hydroxylation is 2. The van der Waals surface area contributed by atoms with Gasteiger partial charge in [-0.05, 0) is 66.6 Å². The molecule has 5 aromatic carbocycles. The lowest BCUT2D eigenvalue weighted by Crippen LogP contribution is -1.99. The molecule has 0 aliphatic carbocycles. The molecule has 0 radical (unpaired) electrons. The molecule has 0 N–H and O–H groups in total. The number of benzene rings is 5. The van der Waals surface area contributed by atoms with Gasteiger partial charge in [0.05, 0.1) is 16.7 Å². The van der Waals surface area contributed by atoms with Crippen molar-refractivity contribution in [2.24, 2.45) is 0 Å². The summed E-state index contributed by atoms with van der Waals surface area (Å²) >= 11 is 7.36. The number of fused-ring (bicyclic) bond motifs is 5. The van der Waals surface area contributed by atoms with E-state index in [0.717, 1.165) is 8.95 Å². The van der Waals surface area contributed by atoms with Crippen LogP contribution in [0.15, 0.2) is 87.8 Å². The van der Waals surface area contributed by atoms with E-state index in [0.29, 0.717) is 0 Å². The van der Waals surface area contributed by atoms with Gasteiger partial charge in [-0.2, -0.15) is 0 Å². The lowest BCUT2D eigenvalue weighted by molar-refractivity contribution is 1.21. The van der Waals surface area contributed by atoms with E-state index in [4.69, 9.17) is 0 Å². The summed E-state index contributed by atoms with van der Waals surface area (Å²) in [7, 11) is 0. The Hall–Kier alpha value is -2.62. The largest absolute Gasteiger partial charge is 0.308 e. The first-order chi connectivity index (χ1) is 15.0. The third-order valence-electron chi connectivity index (χ3n) is 6.33. The Morgan fingerprint density at radius 2 is 1.13 bits per heavy atom. The molecular weight excluding hydrogens is 510 g/mol. The molecule has 3 heteroatoms. The Bertz CT molecular complexity index is 1620. The van der Waals surface area contributed by atoms with Crippen LogP contribution in [0.3, 0.4) is 0 Å². The maximum Gasteiger partial charge on any atom is 0.0619 e. The summed E-state index contributed by atoms with van der Waals surface area (Å²) in [5.41, 5.74) is 6.30. The van der Waals surface area contributed by atoms with Crippen LogP contribution in [0.4, 0.5) is 0 Å². The van der Waals surface area contributed by atoms with Crippen LogP contribution < -0.4 is 0 Å². The SMILES string of the molecule is Cc1ccc2c(-n3c4ccc(Br)cc4c4cc(Br)ccc43)c3ccccc3c(C)c2c1. The number of rotatable bonds is 1. The molecule has 0 aliphatic heterocycles. The second-order valence-corrected chi connectivity index (χ2v) is 10.1. The summed E-state index contributed by atoms with van der Waals surface area (Å²) in [5.74, 6) is 0. The van der Waals surface area contributed by atoms with Crippen molar-refractivity contribution in [2.75, 3.05) is 0 Å². The van der Waals surface area contributed by atoms with E-state index in [1.807, 2.05) is 0 Å². The highest BCUT2D eigenvalue weighted by molar-refractivity contribution is 9.10. The molecule has 0 amide bonds. The van der Waals surface area contributed by atoms with Crippen molar-refractivity contribution in [3.63, 3.8) is 0 Å². The lowest BCUT2D eigenvalue weighted by atomic mass is 9.94. The number of nitrogens with zero attached hydrogens (tertiary/aromatic N) is 1. The fourth-order valence-electron chi connectivity index (χ4n) is 4.93. The third kappa shape index (κ3) is 2.80. The average molecular weight is 529 g/mol. The maximum absolute atomic E-state index is 3.68. The minimum absolute atomic E-state index is 1.09. The highest BCUT2D eigenvalue weighted by Gasteiger charge is 2.18. The normalized spacial score (nSPS) is 11.9. The zero-order valence-electron chi connectivity index (χ0n) is 17.2. The molecule has 1 heterocycles. The first-order valence-electron chi connectivity index (χ1n) is 10.3. The summed E-state index contributed by atoms with van der Waals surface area (Å²) in [6.07, 6.45) is 0. The van der Waals surface area contributed by atoms with E-state index in [1.165, 1.54) is 60.2 Å². The summed E-state index contributed by atoms with van der Waals surface area (Å²) in [5, 5.41) is 7.68. The molecule has 6 rings (SSSR count). The Balaban J connectivity index is 1.92. The van der Waals surface area contributed by atoms with Gasteiger partial charge in [-0.3, -0.25) is 0 Å². The summed E-state index contributed by atoms with van der Waals surface area (Å²) < 4.78 is 4.63. The van der Waals surface area contributed by atoms with Crippen LogP contribution in [-0.4, -0.2) is 4.57 Å². The van der Waals surface area contributed by atoms with Gasteiger partial charge in [0.15, 0.2) is 0 Å². The van der Waals surface area contributed by atoms with Crippen molar-refractivity contribution in [1.29, 1.82) is 0 Å². The molecule has 1 nitrogen and oxygen atoms in total. The summed E-state index contributed by atoms with van der Waals surface area (Å²) in [6.45, 7) is 4.41. The van der Waals surface area contributed by atoms with Crippen LogP contribution in [0.1, 0.15) is 11.1 Å². The van der Waals surface area contributed by atoms with Gasteiger partial charge in [0, 0.05) is 30.5 Å². The molecule has 0 bridgehead atoms. The molecule has 0 atom stereocenters. The predicted molar refractivity (Wildman–Crippen MR) is 141 cm³/mol. The third-order valence-corrected chi connectivity index (χ3v) is 7.32. The fraction of sp³-hybridized carbons (Fsp3) is 0.0714. The van der Waals surface area contributed by atoms with E-state index in [2.05, 4.69) is 129 Å².